The summed E-state index contributed by atoms with van der Waals surface area (Å²) in [6, 6.07) is 9.67. The van der Waals surface area contributed by atoms with Crippen molar-refractivity contribution in [1.82, 2.24) is 10.3 Å². The Morgan fingerprint density at radius 3 is 2.79 bits per heavy atom. The normalized spacial score (nSPS) is 10.2. The molecule has 2 aromatic rings. The zero-order chi connectivity index (χ0) is 13.5. The molecule has 1 aromatic heterocycles. The van der Waals surface area contributed by atoms with Crippen molar-refractivity contribution in [2.75, 3.05) is 11.9 Å². The van der Waals surface area contributed by atoms with E-state index in [-0.39, 0.29) is 12.5 Å². The van der Waals surface area contributed by atoms with E-state index < -0.39 is 0 Å². The van der Waals surface area contributed by atoms with Crippen LogP contribution in [0.4, 0.5) is 5.69 Å². The fraction of sp³-hybridized carbons (Fsp3) is 0.286. The van der Waals surface area contributed by atoms with Gasteiger partial charge in [0.25, 0.3) is 0 Å². The molecule has 0 aliphatic rings. The van der Waals surface area contributed by atoms with E-state index in [2.05, 4.69) is 22.5 Å². The Bertz CT molecular complexity index is 524. The highest BCUT2D eigenvalue weighted by molar-refractivity contribution is 7.09. The molecule has 0 saturated carbocycles. The van der Waals surface area contributed by atoms with E-state index in [0.29, 0.717) is 6.54 Å². The molecule has 19 heavy (non-hydrogen) atoms. The summed E-state index contributed by atoms with van der Waals surface area (Å²) in [5.41, 5.74) is 1.87. The molecule has 1 amide bonds. The van der Waals surface area contributed by atoms with E-state index in [1.165, 1.54) is 0 Å². The van der Waals surface area contributed by atoms with Crippen LogP contribution in [-0.4, -0.2) is 17.4 Å². The Hall–Kier alpha value is -1.88. The van der Waals surface area contributed by atoms with Crippen molar-refractivity contribution >= 4 is 22.9 Å². The summed E-state index contributed by atoms with van der Waals surface area (Å²) in [6.45, 7) is 2.84. The van der Waals surface area contributed by atoms with Crippen molar-refractivity contribution in [3.05, 3.63) is 46.4 Å². The topological polar surface area (TPSA) is 54.0 Å². The largest absolute Gasteiger partial charge is 0.376 e. The second-order valence-corrected chi connectivity index (χ2v) is 5.03. The standard InChI is InChI=1S/C14H17N3OS/c1-2-14-17-12(10-19-14)8-16-13(18)9-15-11-6-4-3-5-7-11/h3-7,10,15H,2,8-9H2,1H3,(H,16,18). The van der Waals surface area contributed by atoms with Gasteiger partial charge < -0.3 is 10.6 Å². The van der Waals surface area contributed by atoms with Crippen LogP contribution in [0.3, 0.4) is 0 Å². The van der Waals surface area contributed by atoms with Crippen molar-refractivity contribution in [2.24, 2.45) is 0 Å². The summed E-state index contributed by atoms with van der Waals surface area (Å²) >= 11 is 1.63. The van der Waals surface area contributed by atoms with Crippen LogP contribution in [0.25, 0.3) is 0 Å². The van der Waals surface area contributed by atoms with Crippen molar-refractivity contribution in [2.45, 2.75) is 19.9 Å². The van der Waals surface area contributed by atoms with Gasteiger partial charge in [0.15, 0.2) is 0 Å². The number of para-hydroxylation sites is 1. The number of benzene rings is 1. The Morgan fingerprint density at radius 2 is 2.11 bits per heavy atom. The molecule has 0 radical (unpaired) electrons. The Morgan fingerprint density at radius 1 is 1.32 bits per heavy atom. The number of rotatable bonds is 6. The number of carbonyl (C=O) groups excluding carboxylic acids is 1. The van der Waals surface area contributed by atoms with Gasteiger partial charge in [-0.3, -0.25) is 4.79 Å². The van der Waals surface area contributed by atoms with Crippen molar-refractivity contribution < 1.29 is 4.79 Å². The smallest absolute Gasteiger partial charge is 0.239 e. The van der Waals surface area contributed by atoms with Gasteiger partial charge in [-0.05, 0) is 18.6 Å². The number of hydrogen-bond donors (Lipinski definition) is 2. The SMILES string of the molecule is CCc1nc(CNC(=O)CNc2ccccc2)cs1. The summed E-state index contributed by atoms with van der Waals surface area (Å²) in [4.78, 5) is 16.1. The van der Waals surface area contributed by atoms with Crippen LogP contribution in [0.1, 0.15) is 17.6 Å². The van der Waals surface area contributed by atoms with E-state index in [1.54, 1.807) is 11.3 Å². The van der Waals surface area contributed by atoms with E-state index >= 15 is 0 Å². The minimum absolute atomic E-state index is 0.0325. The molecule has 0 unspecified atom stereocenters. The molecule has 0 fully saturated rings. The zero-order valence-electron chi connectivity index (χ0n) is 10.8. The second-order valence-electron chi connectivity index (χ2n) is 4.08. The van der Waals surface area contributed by atoms with E-state index in [1.807, 2.05) is 35.7 Å². The molecule has 0 spiro atoms. The summed E-state index contributed by atoms with van der Waals surface area (Å²) in [6.07, 6.45) is 0.939. The molecular weight excluding hydrogens is 258 g/mol. The average molecular weight is 275 g/mol. The van der Waals surface area contributed by atoms with Crippen LogP contribution in [0.5, 0.6) is 0 Å². The predicted molar refractivity (Wildman–Crippen MR) is 78.3 cm³/mol. The highest BCUT2D eigenvalue weighted by Crippen LogP contribution is 2.09. The maximum atomic E-state index is 11.7. The summed E-state index contributed by atoms with van der Waals surface area (Å²) in [5.74, 6) is -0.0325. The first kappa shape index (κ1) is 13.5. The molecule has 5 heteroatoms. The lowest BCUT2D eigenvalue weighted by Gasteiger charge is -2.06. The molecule has 0 aliphatic carbocycles. The second kappa shape index (κ2) is 6.89. The molecule has 0 aliphatic heterocycles. The summed E-state index contributed by atoms with van der Waals surface area (Å²) < 4.78 is 0. The maximum absolute atomic E-state index is 11.7. The molecule has 1 aromatic carbocycles. The van der Waals surface area contributed by atoms with E-state index in [4.69, 9.17) is 0 Å². The molecule has 2 N–H and O–H groups in total. The molecule has 100 valence electrons. The van der Waals surface area contributed by atoms with Crippen molar-refractivity contribution in [1.29, 1.82) is 0 Å². The highest BCUT2D eigenvalue weighted by atomic mass is 32.1. The number of carbonyl (C=O) groups is 1. The molecule has 1 heterocycles. The maximum Gasteiger partial charge on any atom is 0.239 e. The first-order valence-corrected chi connectivity index (χ1v) is 7.15. The Labute approximate surface area is 116 Å². The fourth-order valence-corrected chi connectivity index (χ4v) is 2.33. The van der Waals surface area contributed by atoms with Crippen molar-refractivity contribution in [3.63, 3.8) is 0 Å². The number of aromatic nitrogens is 1. The van der Waals surface area contributed by atoms with Gasteiger partial charge in [-0.25, -0.2) is 4.98 Å². The monoisotopic (exact) mass is 275 g/mol. The molecule has 0 saturated heterocycles. The molecule has 2 rings (SSSR count). The lowest BCUT2D eigenvalue weighted by atomic mass is 10.3. The van der Waals surface area contributed by atoms with Gasteiger partial charge in [0.1, 0.15) is 0 Å². The molecule has 0 bridgehead atoms. The average Bonchev–Trinajstić information content (AvgIpc) is 2.92. The van der Waals surface area contributed by atoms with E-state index in [0.717, 1.165) is 22.8 Å². The van der Waals surface area contributed by atoms with Gasteiger partial charge in [0, 0.05) is 11.1 Å². The molecule has 4 nitrogen and oxygen atoms in total. The third-order valence-electron chi connectivity index (χ3n) is 2.60. The summed E-state index contributed by atoms with van der Waals surface area (Å²) in [5, 5.41) is 9.01. The first-order chi connectivity index (χ1) is 9.28. The van der Waals surface area contributed by atoms with Crippen LogP contribution < -0.4 is 10.6 Å². The van der Waals surface area contributed by atoms with E-state index in [9.17, 15) is 4.79 Å². The fourth-order valence-electron chi connectivity index (χ4n) is 1.58. The number of thiazole rings is 1. The van der Waals surface area contributed by atoms with Gasteiger partial charge in [-0.1, -0.05) is 25.1 Å². The molecular formula is C14H17N3OS. The van der Waals surface area contributed by atoms with Crippen LogP contribution >= 0.6 is 11.3 Å². The number of aryl methyl sites for hydroxylation is 1. The van der Waals surface area contributed by atoms with Crippen LogP contribution in [0.2, 0.25) is 0 Å². The third kappa shape index (κ3) is 4.37. The zero-order valence-corrected chi connectivity index (χ0v) is 11.7. The number of nitrogens with one attached hydrogen (secondary N) is 2. The minimum atomic E-state index is -0.0325. The number of nitrogens with zero attached hydrogens (tertiary/aromatic N) is 1. The van der Waals surface area contributed by atoms with Crippen molar-refractivity contribution in [3.8, 4) is 0 Å². The lowest BCUT2D eigenvalue weighted by molar-refractivity contribution is -0.119. The Kier molecular flexibility index (Phi) is 4.92. The van der Waals surface area contributed by atoms with Gasteiger partial charge in [-0.2, -0.15) is 0 Å². The lowest BCUT2D eigenvalue weighted by Crippen LogP contribution is -2.29. The predicted octanol–water partition coefficient (Wildman–Crippen LogP) is 2.43. The van der Waals surface area contributed by atoms with Crippen LogP contribution in [-0.2, 0) is 17.8 Å². The van der Waals surface area contributed by atoms with Gasteiger partial charge in [0.05, 0.1) is 23.8 Å². The van der Waals surface area contributed by atoms with Crippen LogP contribution in [0, 0.1) is 0 Å². The molecule has 0 atom stereocenters. The number of amides is 1. The van der Waals surface area contributed by atoms with Crippen LogP contribution in [0.15, 0.2) is 35.7 Å². The minimum Gasteiger partial charge on any atom is -0.376 e. The highest BCUT2D eigenvalue weighted by Gasteiger charge is 2.03. The van der Waals surface area contributed by atoms with Gasteiger partial charge >= 0.3 is 0 Å². The number of hydrogen-bond acceptors (Lipinski definition) is 4. The van der Waals surface area contributed by atoms with Gasteiger partial charge in [0.2, 0.25) is 5.91 Å². The number of anilines is 1. The third-order valence-corrected chi connectivity index (χ3v) is 3.64. The Balaban J connectivity index is 1.73. The first-order valence-electron chi connectivity index (χ1n) is 6.27. The summed E-state index contributed by atoms with van der Waals surface area (Å²) in [7, 11) is 0. The van der Waals surface area contributed by atoms with Gasteiger partial charge in [-0.15, -0.1) is 11.3 Å². The quantitative estimate of drug-likeness (QED) is 0.851.